The molecule has 1 aliphatic rings. The molecule has 0 saturated carbocycles. The van der Waals surface area contributed by atoms with E-state index in [1.807, 2.05) is 6.92 Å². The molecular formula is C11H14ClNO3. The van der Waals surface area contributed by atoms with Crippen LogP contribution in [0.2, 0.25) is 0 Å². The molecule has 16 heavy (non-hydrogen) atoms. The van der Waals surface area contributed by atoms with Gasteiger partial charge in [-0.25, -0.2) is 0 Å². The Bertz CT molecular complexity index is 377. The van der Waals surface area contributed by atoms with E-state index in [0.29, 0.717) is 31.2 Å². The largest absolute Gasteiger partial charge is 0.469 e. The van der Waals surface area contributed by atoms with Gasteiger partial charge in [-0.2, -0.15) is 0 Å². The fourth-order valence-corrected chi connectivity index (χ4v) is 2.03. The number of carbonyl (C=O) groups is 1. The van der Waals surface area contributed by atoms with Crippen LogP contribution in [-0.2, 0) is 4.74 Å². The van der Waals surface area contributed by atoms with Crippen molar-refractivity contribution >= 4 is 17.5 Å². The Kier molecular flexibility index (Phi) is 3.51. The van der Waals surface area contributed by atoms with Crippen LogP contribution in [0, 0.1) is 6.92 Å². The Morgan fingerprint density at radius 3 is 3.12 bits per heavy atom. The molecule has 88 valence electrons. The van der Waals surface area contributed by atoms with Gasteiger partial charge in [0.25, 0.3) is 5.91 Å². The van der Waals surface area contributed by atoms with E-state index in [4.69, 9.17) is 20.8 Å². The van der Waals surface area contributed by atoms with Crippen molar-refractivity contribution < 1.29 is 13.9 Å². The van der Waals surface area contributed by atoms with Crippen LogP contribution in [-0.4, -0.2) is 42.5 Å². The highest BCUT2D eigenvalue weighted by molar-refractivity contribution is 6.18. The number of rotatable bonds is 2. The van der Waals surface area contributed by atoms with Crippen molar-refractivity contribution in [2.75, 3.05) is 25.6 Å². The maximum atomic E-state index is 12.1. The second kappa shape index (κ2) is 4.89. The van der Waals surface area contributed by atoms with E-state index in [-0.39, 0.29) is 11.9 Å². The monoisotopic (exact) mass is 243 g/mol. The lowest BCUT2D eigenvalue weighted by Gasteiger charge is -2.34. The molecule has 2 rings (SSSR count). The molecule has 1 atom stereocenters. The van der Waals surface area contributed by atoms with Gasteiger partial charge in [-0.3, -0.25) is 4.79 Å². The second-order valence-electron chi connectivity index (χ2n) is 3.83. The Morgan fingerprint density at radius 1 is 1.69 bits per heavy atom. The number of aryl methyl sites for hydroxylation is 1. The van der Waals surface area contributed by atoms with Crippen LogP contribution >= 0.6 is 11.6 Å². The highest BCUT2D eigenvalue weighted by Crippen LogP contribution is 2.15. The van der Waals surface area contributed by atoms with Gasteiger partial charge in [0.2, 0.25) is 0 Å². The average molecular weight is 244 g/mol. The summed E-state index contributed by atoms with van der Waals surface area (Å²) >= 11 is 5.81. The van der Waals surface area contributed by atoms with Gasteiger partial charge in [-0.15, -0.1) is 11.6 Å². The number of halogens is 1. The molecule has 2 heterocycles. The summed E-state index contributed by atoms with van der Waals surface area (Å²) in [5.74, 6) is 1.09. The first kappa shape index (κ1) is 11.5. The molecule has 1 aliphatic heterocycles. The number of nitrogens with zero attached hydrogens (tertiary/aromatic N) is 1. The third kappa shape index (κ3) is 2.23. The average Bonchev–Trinajstić information content (AvgIpc) is 2.75. The zero-order chi connectivity index (χ0) is 11.5. The van der Waals surface area contributed by atoms with Crippen molar-refractivity contribution in [2.24, 2.45) is 0 Å². The van der Waals surface area contributed by atoms with Gasteiger partial charge >= 0.3 is 0 Å². The maximum absolute atomic E-state index is 12.1. The van der Waals surface area contributed by atoms with Gasteiger partial charge in [0.1, 0.15) is 12.0 Å². The number of hydrogen-bond donors (Lipinski definition) is 0. The molecule has 1 saturated heterocycles. The number of morpholine rings is 1. The van der Waals surface area contributed by atoms with E-state index in [1.165, 1.54) is 6.26 Å². The molecule has 1 amide bonds. The summed E-state index contributed by atoms with van der Waals surface area (Å²) in [7, 11) is 0. The summed E-state index contributed by atoms with van der Waals surface area (Å²) < 4.78 is 10.4. The van der Waals surface area contributed by atoms with E-state index < -0.39 is 0 Å². The molecule has 0 radical (unpaired) electrons. The van der Waals surface area contributed by atoms with E-state index >= 15 is 0 Å². The van der Waals surface area contributed by atoms with Crippen LogP contribution in [0.15, 0.2) is 16.7 Å². The SMILES string of the molecule is Cc1cc(C(=O)N2CCOCC2CCl)co1. The second-order valence-corrected chi connectivity index (χ2v) is 4.14. The number of hydrogen-bond acceptors (Lipinski definition) is 3. The molecule has 0 bridgehead atoms. The van der Waals surface area contributed by atoms with E-state index in [1.54, 1.807) is 11.0 Å². The quantitative estimate of drug-likeness (QED) is 0.742. The van der Waals surface area contributed by atoms with E-state index in [9.17, 15) is 4.79 Å². The van der Waals surface area contributed by atoms with Crippen molar-refractivity contribution in [3.05, 3.63) is 23.7 Å². The van der Waals surface area contributed by atoms with Gasteiger partial charge in [0.15, 0.2) is 0 Å². The Hall–Kier alpha value is -1.00. The van der Waals surface area contributed by atoms with Crippen LogP contribution in [0.1, 0.15) is 16.1 Å². The van der Waals surface area contributed by atoms with Crippen molar-refractivity contribution in [3.63, 3.8) is 0 Å². The minimum Gasteiger partial charge on any atom is -0.469 e. The summed E-state index contributed by atoms with van der Waals surface area (Å²) in [5.41, 5.74) is 0.578. The van der Waals surface area contributed by atoms with Crippen LogP contribution in [0.3, 0.4) is 0 Å². The number of ether oxygens (including phenoxy) is 1. The Morgan fingerprint density at radius 2 is 2.50 bits per heavy atom. The lowest BCUT2D eigenvalue weighted by molar-refractivity contribution is 0.00452. The van der Waals surface area contributed by atoms with Gasteiger partial charge in [0.05, 0.1) is 24.8 Å². The summed E-state index contributed by atoms with van der Waals surface area (Å²) in [6, 6.07) is 1.70. The lowest BCUT2D eigenvalue weighted by Crippen LogP contribution is -2.49. The van der Waals surface area contributed by atoms with Crippen LogP contribution in [0.25, 0.3) is 0 Å². The molecular weight excluding hydrogens is 230 g/mol. The molecule has 1 aromatic rings. The van der Waals surface area contributed by atoms with Gasteiger partial charge in [-0.05, 0) is 13.0 Å². The first-order valence-corrected chi connectivity index (χ1v) is 5.75. The number of amides is 1. The Balaban J connectivity index is 2.13. The summed E-state index contributed by atoms with van der Waals surface area (Å²) in [6.45, 7) is 3.47. The molecule has 0 N–H and O–H groups in total. The zero-order valence-electron chi connectivity index (χ0n) is 9.11. The molecule has 0 aromatic carbocycles. The smallest absolute Gasteiger partial charge is 0.257 e. The zero-order valence-corrected chi connectivity index (χ0v) is 9.87. The van der Waals surface area contributed by atoms with E-state index in [2.05, 4.69) is 0 Å². The normalized spacial score (nSPS) is 21.1. The molecule has 1 unspecified atom stereocenters. The first-order valence-electron chi connectivity index (χ1n) is 5.22. The van der Waals surface area contributed by atoms with Crippen molar-refractivity contribution in [1.82, 2.24) is 4.90 Å². The highest BCUT2D eigenvalue weighted by atomic mass is 35.5. The van der Waals surface area contributed by atoms with Gasteiger partial charge in [0, 0.05) is 12.4 Å². The third-order valence-corrected chi connectivity index (χ3v) is 3.00. The number of alkyl halides is 1. The van der Waals surface area contributed by atoms with Gasteiger partial charge in [-0.1, -0.05) is 0 Å². The molecule has 4 nitrogen and oxygen atoms in total. The topological polar surface area (TPSA) is 42.7 Å². The predicted octanol–water partition coefficient (Wildman–Crippen LogP) is 1.67. The Labute approximate surface area is 99.1 Å². The summed E-state index contributed by atoms with van der Waals surface area (Å²) in [6.07, 6.45) is 1.48. The molecule has 0 spiro atoms. The van der Waals surface area contributed by atoms with Crippen LogP contribution in [0.5, 0.6) is 0 Å². The van der Waals surface area contributed by atoms with Crippen molar-refractivity contribution in [1.29, 1.82) is 0 Å². The fourth-order valence-electron chi connectivity index (χ4n) is 1.77. The summed E-state index contributed by atoms with van der Waals surface area (Å²) in [5, 5.41) is 0. The molecule has 1 fully saturated rings. The molecule has 1 aromatic heterocycles. The maximum Gasteiger partial charge on any atom is 0.257 e. The van der Waals surface area contributed by atoms with Gasteiger partial charge < -0.3 is 14.1 Å². The first-order chi connectivity index (χ1) is 7.72. The van der Waals surface area contributed by atoms with Crippen molar-refractivity contribution in [2.45, 2.75) is 13.0 Å². The van der Waals surface area contributed by atoms with E-state index in [0.717, 1.165) is 5.76 Å². The minimum atomic E-state index is -0.0434. The highest BCUT2D eigenvalue weighted by Gasteiger charge is 2.28. The van der Waals surface area contributed by atoms with Crippen LogP contribution in [0.4, 0.5) is 0 Å². The third-order valence-electron chi connectivity index (χ3n) is 2.64. The number of carbonyl (C=O) groups excluding carboxylic acids is 1. The number of furan rings is 1. The predicted molar refractivity (Wildman–Crippen MR) is 59.8 cm³/mol. The van der Waals surface area contributed by atoms with Crippen molar-refractivity contribution in [3.8, 4) is 0 Å². The molecule has 0 aliphatic carbocycles. The van der Waals surface area contributed by atoms with Crippen LogP contribution < -0.4 is 0 Å². The fraction of sp³-hybridized carbons (Fsp3) is 0.545. The lowest BCUT2D eigenvalue weighted by atomic mass is 10.2. The standard InChI is InChI=1S/C11H14ClNO3/c1-8-4-9(6-16-8)11(14)13-2-3-15-7-10(13)5-12/h4,6,10H,2-3,5,7H2,1H3. The minimum absolute atomic E-state index is 0.0363. The summed E-state index contributed by atoms with van der Waals surface area (Å²) in [4.78, 5) is 13.9. The molecule has 5 heteroatoms.